The van der Waals surface area contributed by atoms with E-state index in [4.69, 9.17) is 0 Å². The smallest absolute Gasteiger partial charge is 1.00 e. The molecule has 3 aliphatic carbocycles. The van der Waals surface area contributed by atoms with Crippen LogP contribution in [0.4, 0.5) is 0 Å². The quantitative estimate of drug-likeness (QED) is 0.576. The molecule has 2 aromatic carbocycles. The number of allylic oxidation sites excluding steroid dienone is 9. The van der Waals surface area contributed by atoms with Crippen molar-refractivity contribution in [2.45, 2.75) is 6.42 Å². The summed E-state index contributed by atoms with van der Waals surface area (Å²) in [5.74, 6) is 0.438. The summed E-state index contributed by atoms with van der Waals surface area (Å²) in [6, 6.07) is 17.5. The summed E-state index contributed by atoms with van der Waals surface area (Å²) >= 11 is 0. The maximum atomic E-state index is 2.39. The van der Waals surface area contributed by atoms with Crippen LogP contribution < -0.4 is 24.8 Å². The van der Waals surface area contributed by atoms with Crippen molar-refractivity contribution in [1.29, 1.82) is 0 Å². The van der Waals surface area contributed by atoms with E-state index in [2.05, 4.69) is 91.1 Å². The summed E-state index contributed by atoms with van der Waals surface area (Å²) in [5.41, 5.74) is 9.67. The Morgan fingerprint density at radius 1 is 0.778 bits per heavy atom. The summed E-state index contributed by atoms with van der Waals surface area (Å²) in [6.45, 7) is 0. The largest absolute Gasteiger partial charge is 2.00 e. The van der Waals surface area contributed by atoms with Crippen LogP contribution in [0.5, 0.6) is 0 Å². The molecular formula is C24H18Cl2Zr. The zero-order valence-electron chi connectivity index (χ0n) is 14.7. The van der Waals surface area contributed by atoms with Crippen molar-refractivity contribution in [2.24, 2.45) is 5.92 Å². The number of benzene rings is 2. The van der Waals surface area contributed by atoms with Gasteiger partial charge in [-0.15, -0.1) is 0 Å². The van der Waals surface area contributed by atoms with Gasteiger partial charge in [0.2, 0.25) is 0 Å². The zero-order valence-corrected chi connectivity index (χ0v) is 18.7. The monoisotopic (exact) mass is 466 g/mol. The van der Waals surface area contributed by atoms with Crippen LogP contribution in [-0.2, 0) is 32.6 Å². The normalized spacial score (nSPS) is 18.1. The second kappa shape index (κ2) is 9.20. The predicted molar refractivity (Wildman–Crippen MR) is 102 cm³/mol. The molecule has 0 N–H and O–H groups in total. The molecule has 0 aliphatic heterocycles. The molecule has 0 bridgehead atoms. The van der Waals surface area contributed by atoms with Crippen LogP contribution >= 0.6 is 0 Å². The van der Waals surface area contributed by atoms with E-state index < -0.39 is 0 Å². The van der Waals surface area contributed by atoms with Crippen LogP contribution in [0, 0.1) is 5.92 Å². The summed E-state index contributed by atoms with van der Waals surface area (Å²) in [6.07, 6.45) is 16.9. The minimum absolute atomic E-state index is 0. The van der Waals surface area contributed by atoms with Gasteiger partial charge in [0, 0.05) is 5.92 Å². The van der Waals surface area contributed by atoms with E-state index in [0.29, 0.717) is 5.92 Å². The fourth-order valence-electron chi connectivity index (χ4n) is 3.93. The first-order valence-corrected chi connectivity index (χ1v) is 8.55. The molecule has 132 valence electrons. The van der Waals surface area contributed by atoms with Crippen LogP contribution in [0.2, 0.25) is 0 Å². The first kappa shape index (κ1) is 21.9. The van der Waals surface area contributed by atoms with Gasteiger partial charge in [-0.05, 0) is 45.4 Å². The molecule has 0 heterocycles. The Hall–Kier alpha value is -1.40. The summed E-state index contributed by atoms with van der Waals surface area (Å²) in [7, 11) is 0. The van der Waals surface area contributed by atoms with Gasteiger partial charge in [-0.25, -0.2) is 0 Å². The minimum Gasteiger partial charge on any atom is -1.00 e. The molecular weight excluding hydrogens is 450 g/mol. The first-order chi connectivity index (χ1) is 11.9. The molecule has 0 spiro atoms. The van der Waals surface area contributed by atoms with Gasteiger partial charge in [0.05, 0.1) is 0 Å². The van der Waals surface area contributed by atoms with E-state index in [1.807, 2.05) is 0 Å². The third-order valence-corrected chi connectivity index (χ3v) is 5.13. The van der Waals surface area contributed by atoms with Crippen LogP contribution in [0.3, 0.4) is 0 Å². The van der Waals surface area contributed by atoms with Crippen LogP contribution in [0.1, 0.15) is 22.3 Å². The molecule has 0 nitrogen and oxygen atoms in total. The number of fused-ring (bicyclic) bond motifs is 2. The molecule has 0 amide bonds. The van der Waals surface area contributed by atoms with Crippen LogP contribution in [0.25, 0.3) is 17.2 Å². The van der Waals surface area contributed by atoms with E-state index >= 15 is 0 Å². The van der Waals surface area contributed by atoms with Crippen molar-refractivity contribution in [3.8, 4) is 0 Å². The van der Waals surface area contributed by atoms with Gasteiger partial charge in [0.1, 0.15) is 0 Å². The zero-order chi connectivity index (χ0) is 15.9. The molecule has 2 aromatic rings. The Labute approximate surface area is 192 Å². The minimum atomic E-state index is 0. The fourth-order valence-corrected chi connectivity index (χ4v) is 3.93. The Morgan fingerprint density at radius 2 is 1.52 bits per heavy atom. The standard InChI is InChI=1S/C24H18.2ClH.Zr/c1-2-8-18-14-21(13-17(18)7-1)23-11-5-6-12-24(23)22-15-19-9-3-4-10-20(19)16-22;;;/h1-15,17H,16H2;2*1H;/q;;;+2/p-2. The SMILES string of the molecule is C1=CC2=CC(c3ccccc3C3=Cc4ccccc4C3)=CC2C=C1.[Cl-].[Cl-].[Zr+2]. The maximum absolute atomic E-state index is 2.39. The molecule has 0 aromatic heterocycles. The Kier molecular flexibility index (Phi) is 7.46. The van der Waals surface area contributed by atoms with Crippen molar-refractivity contribution in [1.82, 2.24) is 0 Å². The average Bonchev–Trinajstić information content (AvgIpc) is 3.25. The topological polar surface area (TPSA) is 0 Å². The molecule has 0 fully saturated rings. The summed E-state index contributed by atoms with van der Waals surface area (Å²) < 4.78 is 0. The summed E-state index contributed by atoms with van der Waals surface area (Å²) in [5, 5.41) is 0. The van der Waals surface area contributed by atoms with E-state index in [-0.39, 0.29) is 51.0 Å². The molecule has 1 atom stereocenters. The van der Waals surface area contributed by atoms with Crippen molar-refractivity contribution in [3.05, 3.63) is 113 Å². The van der Waals surface area contributed by atoms with Gasteiger partial charge in [0.15, 0.2) is 0 Å². The van der Waals surface area contributed by atoms with Crippen LogP contribution in [0.15, 0.2) is 90.6 Å². The molecule has 5 rings (SSSR count). The maximum Gasteiger partial charge on any atom is 2.00 e. The van der Waals surface area contributed by atoms with E-state index in [9.17, 15) is 0 Å². The van der Waals surface area contributed by atoms with Gasteiger partial charge in [-0.2, -0.15) is 0 Å². The number of hydrogen-bond acceptors (Lipinski definition) is 0. The number of rotatable bonds is 2. The molecule has 3 heteroatoms. The third-order valence-electron chi connectivity index (χ3n) is 5.13. The second-order valence-corrected chi connectivity index (χ2v) is 6.63. The third kappa shape index (κ3) is 4.07. The van der Waals surface area contributed by atoms with Crippen molar-refractivity contribution in [3.63, 3.8) is 0 Å². The van der Waals surface area contributed by atoms with Gasteiger partial charge >= 0.3 is 26.2 Å². The molecule has 1 unspecified atom stereocenters. The molecule has 3 aliphatic rings. The van der Waals surface area contributed by atoms with E-state index in [0.717, 1.165) is 6.42 Å². The fraction of sp³-hybridized carbons (Fsp3) is 0.0833. The molecule has 0 radical (unpaired) electrons. The first-order valence-electron chi connectivity index (χ1n) is 8.55. The molecule has 27 heavy (non-hydrogen) atoms. The Bertz CT molecular complexity index is 993. The van der Waals surface area contributed by atoms with Gasteiger partial charge in [-0.3, -0.25) is 0 Å². The van der Waals surface area contributed by atoms with Crippen LogP contribution in [-0.4, -0.2) is 0 Å². The predicted octanol–water partition coefficient (Wildman–Crippen LogP) is -0.146. The van der Waals surface area contributed by atoms with Gasteiger partial charge < -0.3 is 24.8 Å². The summed E-state index contributed by atoms with van der Waals surface area (Å²) in [4.78, 5) is 0. The molecule has 0 saturated carbocycles. The molecule has 0 saturated heterocycles. The van der Waals surface area contributed by atoms with Crippen molar-refractivity contribution >= 4 is 17.2 Å². The van der Waals surface area contributed by atoms with Gasteiger partial charge in [0.25, 0.3) is 0 Å². The van der Waals surface area contributed by atoms with Gasteiger partial charge in [-0.1, -0.05) is 91.1 Å². The van der Waals surface area contributed by atoms with E-state index in [1.165, 1.54) is 39.0 Å². The van der Waals surface area contributed by atoms with E-state index in [1.54, 1.807) is 0 Å². The van der Waals surface area contributed by atoms with Crippen molar-refractivity contribution < 1.29 is 51.0 Å². The van der Waals surface area contributed by atoms with Crippen molar-refractivity contribution in [2.75, 3.05) is 0 Å². The Morgan fingerprint density at radius 3 is 2.30 bits per heavy atom. The average molecular weight is 469 g/mol. The number of halogens is 2. The Balaban J connectivity index is 0.000000871. The second-order valence-electron chi connectivity index (χ2n) is 6.63. The number of hydrogen-bond donors (Lipinski definition) is 0.